The van der Waals surface area contributed by atoms with E-state index in [4.69, 9.17) is 14.2 Å². The van der Waals surface area contributed by atoms with E-state index in [9.17, 15) is 24.0 Å². The molecule has 2 aromatic carbocycles. The molecule has 2 aliphatic heterocycles. The maximum atomic E-state index is 13.9. The van der Waals surface area contributed by atoms with Crippen LogP contribution in [0.1, 0.15) is 58.6 Å². The van der Waals surface area contributed by atoms with Crippen LogP contribution in [0.5, 0.6) is 5.75 Å². The number of epoxide rings is 1. The molecular weight excluding hydrogens is 590 g/mol. The molecule has 2 aliphatic rings. The standard InChI is InChI=1S/C35H45N3O8/c1-22(36-32(42)28-16-17-38(28)33(43)46-34(2,3)4)29(39)20-25(18-24-12-14-26(44-6)15-13-24)31(41)37-27(30(40)35(5)21-45-35)19-23-10-8-7-9-11-23/h7-15,22,25,27-28H,16-21H2,1-6H3,(H,36,42)(H,37,41)/t22-,25+,27-,28+,35+/m0/s1. The van der Waals surface area contributed by atoms with E-state index in [-0.39, 0.29) is 37.4 Å². The van der Waals surface area contributed by atoms with Crippen molar-refractivity contribution in [2.75, 3.05) is 20.3 Å². The lowest BCUT2D eigenvalue weighted by Gasteiger charge is -2.40. The maximum Gasteiger partial charge on any atom is 0.410 e. The van der Waals surface area contributed by atoms with Gasteiger partial charge in [-0.3, -0.25) is 24.1 Å². The number of nitrogens with zero attached hydrogens (tertiary/aromatic N) is 1. The molecule has 0 aliphatic carbocycles. The second kappa shape index (κ2) is 14.5. The van der Waals surface area contributed by atoms with Gasteiger partial charge in [0.15, 0.2) is 11.6 Å². The van der Waals surface area contributed by atoms with E-state index < -0.39 is 53.2 Å². The zero-order valence-electron chi connectivity index (χ0n) is 27.5. The van der Waals surface area contributed by atoms with Gasteiger partial charge >= 0.3 is 6.09 Å². The molecular formula is C35H45N3O8. The molecule has 2 aromatic rings. The molecule has 0 spiro atoms. The SMILES string of the molecule is COc1ccc(C[C@H](CC(=O)[C@H](C)NC(=O)[C@H]2CCN2C(=O)OC(C)(C)C)C(=O)N[C@@H](Cc2ccccc2)C(=O)[C@@]2(C)CO2)cc1. The summed E-state index contributed by atoms with van der Waals surface area (Å²) in [6.45, 7) is 9.17. The van der Waals surface area contributed by atoms with Crippen LogP contribution >= 0.6 is 0 Å². The van der Waals surface area contributed by atoms with Gasteiger partial charge in [0.25, 0.3) is 0 Å². The summed E-state index contributed by atoms with van der Waals surface area (Å²) in [5.41, 5.74) is 0.0174. The molecule has 5 atom stereocenters. The van der Waals surface area contributed by atoms with Crippen LogP contribution in [0.25, 0.3) is 0 Å². The van der Waals surface area contributed by atoms with Crippen LogP contribution in [0.2, 0.25) is 0 Å². The zero-order chi connectivity index (χ0) is 33.6. The minimum atomic E-state index is -0.957. The first-order valence-electron chi connectivity index (χ1n) is 15.7. The Morgan fingerprint density at radius 3 is 2.15 bits per heavy atom. The number of benzene rings is 2. The minimum Gasteiger partial charge on any atom is -0.497 e. The van der Waals surface area contributed by atoms with Gasteiger partial charge in [0.05, 0.1) is 25.8 Å². The van der Waals surface area contributed by atoms with Gasteiger partial charge in [-0.15, -0.1) is 0 Å². The Labute approximate surface area is 270 Å². The Morgan fingerprint density at radius 1 is 0.978 bits per heavy atom. The van der Waals surface area contributed by atoms with Crippen LogP contribution in [0, 0.1) is 5.92 Å². The summed E-state index contributed by atoms with van der Waals surface area (Å²) in [6, 6.07) is 14.1. The highest BCUT2D eigenvalue weighted by molar-refractivity contribution is 5.98. The molecule has 0 bridgehead atoms. The van der Waals surface area contributed by atoms with Gasteiger partial charge in [0, 0.05) is 18.9 Å². The van der Waals surface area contributed by atoms with Crippen molar-refractivity contribution in [2.24, 2.45) is 5.92 Å². The minimum absolute atomic E-state index is 0.181. The molecule has 4 rings (SSSR count). The van der Waals surface area contributed by atoms with Crippen LogP contribution in [-0.2, 0) is 41.5 Å². The molecule has 3 amide bonds. The number of amides is 3. The van der Waals surface area contributed by atoms with Gasteiger partial charge in [-0.05, 0) is 77.1 Å². The van der Waals surface area contributed by atoms with Crippen molar-refractivity contribution < 1.29 is 38.2 Å². The summed E-state index contributed by atoms with van der Waals surface area (Å²) < 4.78 is 16.1. The predicted molar refractivity (Wildman–Crippen MR) is 170 cm³/mol. The number of hydrogen-bond donors (Lipinski definition) is 2. The van der Waals surface area contributed by atoms with Crippen molar-refractivity contribution in [1.82, 2.24) is 15.5 Å². The number of rotatable bonds is 14. The number of carbonyl (C=O) groups is 5. The maximum absolute atomic E-state index is 13.9. The Kier molecular flexibility index (Phi) is 10.9. The van der Waals surface area contributed by atoms with Crippen LogP contribution in [0.4, 0.5) is 4.79 Å². The number of methoxy groups -OCH3 is 1. The van der Waals surface area contributed by atoms with Crippen LogP contribution in [-0.4, -0.2) is 84.0 Å². The average Bonchev–Trinajstić information content (AvgIpc) is 3.73. The topological polar surface area (TPSA) is 144 Å². The van der Waals surface area contributed by atoms with Crippen molar-refractivity contribution >= 4 is 29.5 Å². The Bertz CT molecular complexity index is 1420. The highest BCUT2D eigenvalue weighted by Crippen LogP contribution is 2.29. The molecule has 11 heteroatoms. The molecule has 46 heavy (non-hydrogen) atoms. The average molecular weight is 636 g/mol. The fourth-order valence-corrected chi connectivity index (χ4v) is 5.28. The fraction of sp³-hybridized carbons (Fsp3) is 0.514. The van der Waals surface area contributed by atoms with E-state index in [0.29, 0.717) is 18.7 Å². The van der Waals surface area contributed by atoms with E-state index >= 15 is 0 Å². The molecule has 2 fully saturated rings. The van der Waals surface area contributed by atoms with Crippen LogP contribution < -0.4 is 15.4 Å². The first-order chi connectivity index (χ1) is 21.7. The van der Waals surface area contributed by atoms with Gasteiger partial charge < -0.3 is 24.8 Å². The third kappa shape index (κ3) is 9.15. The van der Waals surface area contributed by atoms with Crippen LogP contribution in [0.15, 0.2) is 54.6 Å². The Morgan fingerprint density at radius 2 is 1.61 bits per heavy atom. The molecule has 11 nitrogen and oxygen atoms in total. The summed E-state index contributed by atoms with van der Waals surface area (Å²) in [4.78, 5) is 67.6. The molecule has 2 saturated heterocycles. The Hall–Kier alpha value is -4.25. The third-order valence-corrected chi connectivity index (χ3v) is 8.27. The molecule has 0 aromatic heterocycles. The third-order valence-electron chi connectivity index (χ3n) is 8.27. The van der Waals surface area contributed by atoms with Gasteiger partial charge in [0.2, 0.25) is 11.8 Å². The molecule has 2 heterocycles. The van der Waals surface area contributed by atoms with E-state index in [1.165, 1.54) is 4.90 Å². The normalized spacial score (nSPS) is 20.7. The van der Waals surface area contributed by atoms with Gasteiger partial charge in [-0.1, -0.05) is 42.5 Å². The van der Waals surface area contributed by atoms with Crippen molar-refractivity contribution in [2.45, 2.75) is 89.6 Å². The summed E-state index contributed by atoms with van der Waals surface area (Å²) in [6.07, 6.45) is 0.180. The van der Waals surface area contributed by atoms with E-state index in [1.807, 2.05) is 42.5 Å². The lowest BCUT2D eigenvalue weighted by molar-refractivity contribution is -0.136. The second-order valence-electron chi connectivity index (χ2n) is 13.3. The highest BCUT2D eigenvalue weighted by Gasteiger charge is 2.50. The number of likely N-dealkylation sites (tertiary alicyclic amines) is 1. The second-order valence-corrected chi connectivity index (χ2v) is 13.3. The van der Waals surface area contributed by atoms with Crippen molar-refractivity contribution in [3.63, 3.8) is 0 Å². The first-order valence-corrected chi connectivity index (χ1v) is 15.7. The lowest BCUT2D eigenvalue weighted by Crippen LogP contribution is -2.60. The van der Waals surface area contributed by atoms with Crippen molar-refractivity contribution in [3.05, 3.63) is 65.7 Å². The molecule has 0 radical (unpaired) electrons. The number of hydrogen-bond acceptors (Lipinski definition) is 8. The van der Waals surface area contributed by atoms with Crippen LogP contribution in [0.3, 0.4) is 0 Å². The number of ether oxygens (including phenoxy) is 3. The van der Waals surface area contributed by atoms with Crippen molar-refractivity contribution in [1.29, 1.82) is 0 Å². The van der Waals surface area contributed by atoms with E-state index in [0.717, 1.165) is 11.1 Å². The predicted octanol–water partition coefficient (Wildman–Crippen LogP) is 3.41. The van der Waals surface area contributed by atoms with Gasteiger partial charge in [0.1, 0.15) is 23.0 Å². The summed E-state index contributed by atoms with van der Waals surface area (Å²) in [7, 11) is 1.56. The molecule has 0 unspecified atom stereocenters. The summed E-state index contributed by atoms with van der Waals surface area (Å²) in [5, 5.41) is 5.64. The largest absolute Gasteiger partial charge is 0.497 e. The number of carbonyl (C=O) groups excluding carboxylic acids is 5. The molecule has 2 N–H and O–H groups in total. The summed E-state index contributed by atoms with van der Waals surface area (Å²) in [5.74, 6) is -1.67. The highest BCUT2D eigenvalue weighted by atomic mass is 16.6. The number of Topliss-reactive ketones (excluding diaryl/α,β-unsaturated/α-hetero) is 2. The number of ketones is 2. The van der Waals surface area contributed by atoms with E-state index in [2.05, 4.69) is 10.6 Å². The van der Waals surface area contributed by atoms with E-state index in [1.54, 1.807) is 53.9 Å². The fourth-order valence-electron chi connectivity index (χ4n) is 5.28. The van der Waals surface area contributed by atoms with Gasteiger partial charge in [-0.2, -0.15) is 0 Å². The Balaban J connectivity index is 1.46. The smallest absolute Gasteiger partial charge is 0.410 e. The lowest BCUT2D eigenvalue weighted by atomic mass is 9.89. The molecule has 0 saturated carbocycles. The summed E-state index contributed by atoms with van der Waals surface area (Å²) >= 11 is 0. The van der Waals surface area contributed by atoms with Crippen molar-refractivity contribution in [3.8, 4) is 5.75 Å². The quantitative estimate of drug-likeness (QED) is 0.301. The number of nitrogens with one attached hydrogen (secondary N) is 2. The zero-order valence-corrected chi connectivity index (χ0v) is 27.5. The molecule has 248 valence electrons. The van der Waals surface area contributed by atoms with Gasteiger partial charge in [-0.25, -0.2) is 4.79 Å². The first kappa shape index (κ1) is 34.6. The monoisotopic (exact) mass is 635 g/mol.